The first kappa shape index (κ1) is 14.0. The minimum absolute atomic E-state index is 0.423. The maximum absolute atomic E-state index is 5.74. The Kier molecular flexibility index (Phi) is 3.90. The second-order valence-electron chi connectivity index (χ2n) is 6.32. The lowest BCUT2D eigenvalue weighted by atomic mass is 9.77. The quantitative estimate of drug-likeness (QED) is 0.932. The monoisotopic (exact) mass is 286 g/mol. The van der Waals surface area contributed by atoms with Gasteiger partial charge in [0, 0.05) is 18.3 Å². The maximum Gasteiger partial charge on any atom is 0.259 e. The zero-order chi connectivity index (χ0) is 14.8. The van der Waals surface area contributed by atoms with Crippen molar-refractivity contribution in [2.45, 2.75) is 45.4 Å². The van der Waals surface area contributed by atoms with Gasteiger partial charge in [0.25, 0.3) is 5.89 Å². The van der Waals surface area contributed by atoms with Gasteiger partial charge in [0.1, 0.15) is 0 Å². The largest absolute Gasteiger partial charge is 0.397 e. The van der Waals surface area contributed by atoms with Gasteiger partial charge >= 0.3 is 0 Å². The Hall–Kier alpha value is -1.91. The van der Waals surface area contributed by atoms with Crippen LogP contribution in [0.5, 0.6) is 0 Å². The van der Waals surface area contributed by atoms with Crippen molar-refractivity contribution in [2.75, 3.05) is 5.73 Å². The Morgan fingerprint density at radius 2 is 1.95 bits per heavy atom. The van der Waals surface area contributed by atoms with E-state index in [2.05, 4.69) is 29.0 Å². The molecule has 2 N–H and O–H groups in total. The number of anilines is 1. The predicted octanol–water partition coefficient (Wildman–Crippen LogP) is 3.64. The van der Waals surface area contributed by atoms with E-state index in [4.69, 9.17) is 10.3 Å². The van der Waals surface area contributed by atoms with Gasteiger partial charge in [-0.15, -0.1) is 0 Å². The molecule has 0 saturated heterocycles. The van der Waals surface area contributed by atoms with Crippen molar-refractivity contribution in [3.05, 3.63) is 24.3 Å². The van der Waals surface area contributed by atoms with E-state index in [1.807, 2.05) is 0 Å². The molecule has 112 valence electrons. The van der Waals surface area contributed by atoms with Gasteiger partial charge in [-0.2, -0.15) is 4.98 Å². The molecular weight excluding hydrogens is 264 g/mol. The minimum Gasteiger partial charge on any atom is -0.397 e. The Morgan fingerprint density at radius 1 is 1.19 bits per heavy atom. The second kappa shape index (κ2) is 5.84. The second-order valence-corrected chi connectivity index (χ2v) is 6.32. The van der Waals surface area contributed by atoms with Gasteiger partial charge in [-0.1, -0.05) is 19.0 Å². The van der Waals surface area contributed by atoms with Crippen LogP contribution in [0.3, 0.4) is 0 Å². The topological polar surface area (TPSA) is 77.8 Å². The molecule has 0 atom stereocenters. The molecule has 3 rings (SSSR count). The number of nitrogens with zero attached hydrogens (tertiary/aromatic N) is 3. The van der Waals surface area contributed by atoms with Crippen LogP contribution < -0.4 is 5.73 Å². The molecule has 0 amide bonds. The molecular formula is C16H22N4O. The predicted molar refractivity (Wildman–Crippen MR) is 81.5 cm³/mol. The van der Waals surface area contributed by atoms with E-state index in [1.54, 1.807) is 18.5 Å². The summed E-state index contributed by atoms with van der Waals surface area (Å²) in [5.74, 6) is 3.37. The lowest BCUT2D eigenvalue weighted by Gasteiger charge is -2.29. The molecule has 5 nitrogen and oxygen atoms in total. The smallest absolute Gasteiger partial charge is 0.259 e. The Morgan fingerprint density at radius 3 is 2.62 bits per heavy atom. The first-order chi connectivity index (χ1) is 10.1. The average molecular weight is 286 g/mol. The molecule has 1 aliphatic carbocycles. The summed E-state index contributed by atoms with van der Waals surface area (Å²) in [6, 6.07) is 1.81. The highest BCUT2D eigenvalue weighted by atomic mass is 16.5. The van der Waals surface area contributed by atoms with Gasteiger partial charge in [-0.3, -0.25) is 4.98 Å². The lowest BCUT2D eigenvalue weighted by Crippen LogP contribution is -2.18. The number of hydrogen-bond donors (Lipinski definition) is 1. The molecule has 0 aliphatic heterocycles. The number of rotatable bonds is 3. The Balaban J connectivity index is 1.71. The van der Waals surface area contributed by atoms with Crippen molar-refractivity contribution in [3.63, 3.8) is 0 Å². The van der Waals surface area contributed by atoms with E-state index in [0.29, 0.717) is 17.5 Å². The molecule has 2 heterocycles. The van der Waals surface area contributed by atoms with E-state index in [9.17, 15) is 0 Å². The number of aromatic nitrogens is 3. The van der Waals surface area contributed by atoms with Crippen molar-refractivity contribution in [3.8, 4) is 11.5 Å². The third-order valence-corrected chi connectivity index (χ3v) is 4.53. The van der Waals surface area contributed by atoms with Gasteiger partial charge in [0.2, 0.25) is 0 Å². The number of hydrogen-bond acceptors (Lipinski definition) is 5. The zero-order valence-corrected chi connectivity index (χ0v) is 12.6. The SMILES string of the molecule is CC(C)C1CCC(c2noc(-c3cncc(N)c3)n2)CC1. The summed E-state index contributed by atoms with van der Waals surface area (Å²) in [6.45, 7) is 4.62. The summed E-state index contributed by atoms with van der Waals surface area (Å²) in [6.07, 6.45) is 8.11. The van der Waals surface area contributed by atoms with Crippen molar-refractivity contribution in [1.82, 2.24) is 15.1 Å². The number of nitrogens with two attached hydrogens (primary N) is 1. The van der Waals surface area contributed by atoms with E-state index in [-0.39, 0.29) is 0 Å². The standard InChI is InChI=1S/C16H22N4O/c1-10(2)11-3-5-12(6-4-11)15-19-16(21-20-15)13-7-14(17)9-18-8-13/h7-12H,3-6,17H2,1-2H3. The molecule has 0 aromatic carbocycles. The Bertz CT molecular complexity index is 600. The highest BCUT2D eigenvalue weighted by Gasteiger charge is 2.27. The van der Waals surface area contributed by atoms with Crippen LogP contribution in [-0.2, 0) is 0 Å². The third-order valence-electron chi connectivity index (χ3n) is 4.53. The van der Waals surface area contributed by atoms with Crippen molar-refractivity contribution in [1.29, 1.82) is 0 Å². The van der Waals surface area contributed by atoms with Crippen LogP contribution >= 0.6 is 0 Å². The van der Waals surface area contributed by atoms with Gasteiger partial charge < -0.3 is 10.3 Å². The summed E-state index contributed by atoms with van der Waals surface area (Å²) in [5.41, 5.74) is 7.12. The lowest BCUT2D eigenvalue weighted by molar-refractivity contribution is 0.252. The van der Waals surface area contributed by atoms with Gasteiger partial charge in [-0.05, 0) is 43.6 Å². The average Bonchev–Trinajstić information content (AvgIpc) is 2.97. The van der Waals surface area contributed by atoms with Crippen LogP contribution in [0.2, 0.25) is 0 Å². The normalized spacial score (nSPS) is 22.6. The minimum atomic E-state index is 0.423. The van der Waals surface area contributed by atoms with E-state index < -0.39 is 0 Å². The third kappa shape index (κ3) is 3.06. The highest BCUT2D eigenvalue weighted by Crippen LogP contribution is 2.38. The fraction of sp³-hybridized carbons (Fsp3) is 0.562. The summed E-state index contributed by atoms with van der Waals surface area (Å²) in [7, 11) is 0. The Labute approximate surface area is 125 Å². The molecule has 21 heavy (non-hydrogen) atoms. The summed E-state index contributed by atoms with van der Waals surface area (Å²) in [5, 5.41) is 4.16. The zero-order valence-electron chi connectivity index (χ0n) is 12.6. The van der Waals surface area contributed by atoms with Crippen LogP contribution in [0.25, 0.3) is 11.5 Å². The van der Waals surface area contributed by atoms with Crippen molar-refractivity contribution >= 4 is 5.69 Å². The summed E-state index contributed by atoms with van der Waals surface area (Å²) in [4.78, 5) is 8.60. The van der Waals surface area contributed by atoms with E-state index in [0.717, 1.165) is 36.1 Å². The molecule has 0 radical (unpaired) electrons. The maximum atomic E-state index is 5.74. The van der Waals surface area contributed by atoms with E-state index >= 15 is 0 Å². The number of pyridine rings is 1. The molecule has 2 aromatic heterocycles. The fourth-order valence-corrected chi connectivity index (χ4v) is 3.14. The highest BCUT2D eigenvalue weighted by molar-refractivity contribution is 5.57. The molecule has 5 heteroatoms. The molecule has 0 spiro atoms. The van der Waals surface area contributed by atoms with Crippen LogP contribution in [0.15, 0.2) is 23.0 Å². The van der Waals surface area contributed by atoms with Crippen LogP contribution in [-0.4, -0.2) is 15.1 Å². The number of nitrogen functional groups attached to an aromatic ring is 1. The van der Waals surface area contributed by atoms with Crippen molar-refractivity contribution < 1.29 is 4.52 Å². The molecule has 1 saturated carbocycles. The van der Waals surface area contributed by atoms with E-state index in [1.165, 1.54) is 12.8 Å². The van der Waals surface area contributed by atoms with Crippen LogP contribution in [0.1, 0.15) is 51.3 Å². The first-order valence-electron chi connectivity index (χ1n) is 7.68. The molecule has 0 bridgehead atoms. The van der Waals surface area contributed by atoms with Gasteiger partial charge in [0.05, 0.1) is 11.3 Å². The van der Waals surface area contributed by atoms with Crippen LogP contribution in [0, 0.1) is 11.8 Å². The molecule has 1 aliphatic rings. The van der Waals surface area contributed by atoms with Crippen LogP contribution in [0.4, 0.5) is 5.69 Å². The molecule has 0 unspecified atom stereocenters. The van der Waals surface area contributed by atoms with Gasteiger partial charge in [-0.25, -0.2) is 0 Å². The van der Waals surface area contributed by atoms with Gasteiger partial charge in [0.15, 0.2) is 5.82 Å². The summed E-state index contributed by atoms with van der Waals surface area (Å²) < 4.78 is 5.38. The first-order valence-corrected chi connectivity index (χ1v) is 7.68. The molecule has 2 aromatic rings. The van der Waals surface area contributed by atoms with Crippen molar-refractivity contribution in [2.24, 2.45) is 11.8 Å². The molecule has 1 fully saturated rings. The summed E-state index contributed by atoms with van der Waals surface area (Å²) >= 11 is 0. The fourth-order valence-electron chi connectivity index (χ4n) is 3.14.